The predicted molar refractivity (Wildman–Crippen MR) is 77.2 cm³/mol. The van der Waals surface area contributed by atoms with Crippen LogP contribution in [0.5, 0.6) is 0 Å². The molecule has 1 aromatic heterocycles. The smallest absolute Gasteiger partial charge is 0.226 e. The zero-order chi connectivity index (χ0) is 13.2. The lowest BCUT2D eigenvalue weighted by Crippen LogP contribution is -2.32. The van der Waals surface area contributed by atoms with Gasteiger partial charge in [-0.05, 0) is 37.9 Å². The van der Waals surface area contributed by atoms with E-state index < -0.39 is 0 Å². The van der Waals surface area contributed by atoms with Crippen LogP contribution < -0.4 is 4.90 Å². The molecule has 0 spiro atoms. The maximum Gasteiger partial charge on any atom is 0.226 e. The summed E-state index contributed by atoms with van der Waals surface area (Å²) in [6.45, 7) is 1.63. The molecule has 1 N–H and O–H groups in total. The van der Waals surface area contributed by atoms with Crippen molar-refractivity contribution < 1.29 is 4.74 Å². The van der Waals surface area contributed by atoms with Crippen molar-refractivity contribution in [3.8, 4) is 0 Å². The summed E-state index contributed by atoms with van der Waals surface area (Å²) in [5.74, 6) is 1.02. The number of methoxy groups -OCH3 is 1. The Morgan fingerprint density at radius 1 is 1.37 bits per heavy atom. The number of ether oxygens (including phenoxy) is 1. The molecule has 5 nitrogen and oxygen atoms in total. The highest BCUT2D eigenvalue weighted by molar-refractivity contribution is 7.71. The second-order valence-electron chi connectivity index (χ2n) is 5.55. The van der Waals surface area contributed by atoms with Gasteiger partial charge in [-0.15, -0.1) is 5.10 Å². The number of H-pyrrole nitrogens is 1. The molecule has 6 heteroatoms. The summed E-state index contributed by atoms with van der Waals surface area (Å²) >= 11 is 5.44. The highest BCUT2D eigenvalue weighted by atomic mass is 32.1. The van der Waals surface area contributed by atoms with E-state index in [4.69, 9.17) is 17.0 Å². The zero-order valence-electron chi connectivity index (χ0n) is 11.5. The van der Waals surface area contributed by atoms with Gasteiger partial charge < -0.3 is 9.64 Å². The van der Waals surface area contributed by atoms with E-state index in [-0.39, 0.29) is 0 Å². The van der Waals surface area contributed by atoms with E-state index in [1.165, 1.54) is 38.5 Å². The average Bonchev–Trinajstić information content (AvgIpc) is 2.96. The normalized spacial score (nSPS) is 20.1. The molecule has 0 amide bonds. The topological polar surface area (TPSA) is 46.1 Å². The number of hydrogen-bond donors (Lipinski definition) is 1. The van der Waals surface area contributed by atoms with Gasteiger partial charge in [-0.1, -0.05) is 12.8 Å². The molecule has 19 heavy (non-hydrogen) atoms. The maximum atomic E-state index is 5.44. The zero-order valence-corrected chi connectivity index (χ0v) is 12.3. The summed E-state index contributed by atoms with van der Waals surface area (Å²) in [4.78, 5) is 2.37. The Labute approximate surface area is 118 Å². The standard InChI is InChI=1S/C13H22N4OS/c1-18-9-8-16(10-6-7-10)12-14-15-13(19)17(12)11-4-2-3-5-11/h10-11H,2-9H2,1H3,(H,15,19). The number of aromatic amines is 1. The number of nitrogens with zero attached hydrogens (tertiary/aromatic N) is 3. The Hall–Kier alpha value is -0.880. The molecular formula is C13H22N4OS. The van der Waals surface area contributed by atoms with Gasteiger partial charge in [-0.3, -0.25) is 4.57 Å². The largest absolute Gasteiger partial charge is 0.383 e. The summed E-state index contributed by atoms with van der Waals surface area (Å²) in [7, 11) is 1.75. The Bertz CT molecular complexity index is 473. The van der Waals surface area contributed by atoms with Gasteiger partial charge >= 0.3 is 0 Å². The van der Waals surface area contributed by atoms with Crippen molar-refractivity contribution in [1.29, 1.82) is 0 Å². The van der Waals surface area contributed by atoms with Crippen molar-refractivity contribution in [1.82, 2.24) is 14.8 Å². The summed E-state index contributed by atoms with van der Waals surface area (Å²) in [5, 5.41) is 7.48. The van der Waals surface area contributed by atoms with E-state index in [9.17, 15) is 0 Å². The fourth-order valence-electron chi connectivity index (χ4n) is 3.01. The van der Waals surface area contributed by atoms with E-state index >= 15 is 0 Å². The van der Waals surface area contributed by atoms with Gasteiger partial charge in [0.15, 0.2) is 4.77 Å². The van der Waals surface area contributed by atoms with Gasteiger partial charge in [0.1, 0.15) is 0 Å². The molecule has 0 radical (unpaired) electrons. The lowest BCUT2D eigenvalue weighted by Gasteiger charge is -2.25. The third-order valence-corrected chi connectivity index (χ3v) is 4.44. The van der Waals surface area contributed by atoms with Crippen molar-refractivity contribution >= 4 is 18.2 Å². The van der Waals surface area contributed by atoms with Gasteiger partial charge in [-0.2, -0.15) is 0 Å². The van der Waals surface area contributed by atoms with Gasteiger partial charge in [0.25, 0.3) is 0 Å². The monoisotopic (exact) mass is 282 g/mol. The number of aromatic nitrogens is 3. The molecule has 0 aliphatic heterocycles. The quantitative estimate of drug-likeness (QED) is 0.815. The first-order chi connectivity index (χ1) is 9.31. The van der Waals surface area contributed by atoms with Gasteiger partial charge in [0.05, 0.1) is 6.61 Å². The molecular weight excluding hydrogens is 260 g/mol. The molecule has 3 rings (SSSR count). The molecule has 2 aliphatic carbocycles. The molecule has 0 unspecified atom stereocenters. The van der Waals surface area contributed by atoms with Crippen LogP contribution in [0.15, 0.2) is 0 Å². The minimum absolute atomic E-state index is 0.532. The number of anilines is 1. The fourth-order valence-corrected chi connectivity index (χ4v) is 3.29. The summed E-state index contributed by atoms with van der Waals surface area (Å²) in [6, 6.07) is 1.16. The number of hydrogen-bond acceptors (Lipinski definition) is 4. The summed E-state index contributed by atoms with van der Waals surface area (Å²) in [6.07, 6.45) is 7.58. The van der Waals surface area contributed by atoms with Crippen LogP contribution in [-0.4, -0.2) is 41.1 Å². The lowest BCUT2D eigenvalue weighted by atomic mass is 10.2. The first kappa shape index (κ1) is 13.1. The van der Waals surface area contributed by atoms with Crippen molar-refractivity contribution in [3.05, 3.63) is 4.77 Å². The van der Waals surface area contributed by atoms with Crippen LogP contribution in [0.1, 0.15) is 44.6 Å². The van der Waals surface area contributed by atoms with E-state index in [2.05, 4.69) is 19.7 Å². The molecule has 0 atom stereocenters. The van der Waals surface area contributed by atoms with Crippen molar-refractivity contribution in [2.24, 2.45) is 0 Å². The third kappa shape index (κ3) is 2.69. The predicted octanol–water partition coefficient (Wildman–Crippen LogP) is 2.67. The van der Waals surface area contributed by atoms with Crippen molar-refractivity contribution in [3.63, 3.8) is 0 Å². The highest BCUT2D eigenvalue weighted by Crippen LogP contribution is 2.36. The first-order valence-electron chi connectivity index (χ1n) is 7.23. The third-order valence-electron chi connectivity index (χ3n) is 4.16. The molecule has 2 aliphatic rings. The SMILES string of the molecule is COCCN(c1n[nH]c(=S)n1C1CCCC1)C1CC1. The molecule has 106 valence electrons. The summed E-state index contributed by atoms with van der Waals surface area (Å²) in [5.41, 5.74) is 0. The van der Waals surface area contributed by atoms with Crippen LogP contribution in [0.4, 0.5) is 5.95 Å². The van der Waals surface area contributed by atoms with E-state index in [0.717, 1.165) is 23.9 Å². The number of rotatable bonds is 6. The molecule has 2 fully saturated rings. The number of nitrogens with one attached hydrogen (secondary N) is 1. The Morgan fingerprint density at radius 2 is 2.11 bits per heavy atom. The van der Waals surface area contributed by atoms with Crippen LogP contribution in [-0.2, 0) is 4.74 Å². The van der Waals surface area contributed by atoms with Crippen LogP contribution in [0.3, 0.4) is 0 Å². The Morgan fingerprint density at radius 3 is 2.74 bits per heavy atom. The Kier molecular flexibility index (Phi) is 3.88. The van der Waals surface area contributed by atoms with Crippen LogP contribution >= 0.6 is 12.2 Å². The van der Waals surface area contributed by atoms with Crippen molar-refractivity contribution in [2.75, 3.05) is 25.2 Å². The molecule has 0 aromatic carbocycles. The van der Waals surface area contributed by atoms with Crippen LogP contribution in [0.25, 0.3) is 0 Å². The van der Waals surface area contributed by atoms with Crippen LogP contribution in [0.2, 0.25) is 0 Å². The maximum absolute atomic E-state index is 5.44. The molecule has 0 saturated heterocycles. The molecule has 0 bridgehead atoms. The fraction of sp³-hybridized carbons (Fsp3) is 0.846. The average molecular weight is 282 g/mol. The van der Waals surface area contributed by atoms with E-state index in [1.54, 1.807) is 7.11 Å². The lowest BCUT2D eigenvalue weighted by molar-refractivity contribution is 0.204. The highest BCUT2D eigenvalue weighted by Gasteiger charge is 2.33. The Balaban J connectivity index is 1.87. The van der Waals surface area contributed by atoms with E-state index in [0.29, 0.717) is 12.1 Å². The second-order valence-corrected chi connectivity index (χ2v) is 5.94. The molecule has 2 saturated carbocycles. The molecule has 1 aromatic rings. The minimum Gasteiger partial charge on any atom is -0.383 e. The summed E-state index contributed by atoms with van der Waals surface area (Å²) < 4.78 is 8.24. The van der Waals surface area contributed by atoms with Crippen LogP contribution in [0, 0.1) is 4.77 Å². The van der Waals surface area contributed by atoms with E-state index in [1.807, 2.05) is 0 Å². The second kappa shape index (κ2) is 5.63. The van der Waals surface area contributed by atoms with Gasteiger partial charge in [0.2, 0.25) is 5.95 Å². The molecule has 1 heterocycles. The minimum atomic E-state index is 0.532. The van der Waals surface area contributed by atoms with Gasteiger partial charge in [-0.25, -0.2) is 5.10 Å². The first-order valence-corrected chi connectivity index (χ1v) is 7.64. The van der Waals surface area contributed by atoms with Crippen molar-refractivity contribution in [2.45, 2.75) is 50.6 Å². The van der Waals surface area contributed by atoms with Gasteiger partial charge in [0, 0.05) is 25.7 Å².